The molecule has 1 aliphatic heterocycles. The molecule has 0 radical (unpaired) electrons. The van der Waals surface area contributed by atoms with Gasteiger partial charge in [-0.3, -0.25) is 4.90 Å². The minimum absolute atomic E-state index is 0.510. The van der Waals surface area contributed by atoms with E-state index in [0.717, 1.165) is 5.92 Å². The number of nitrogens with one attached hydrogen (secondary N) is 1. The van der Waals surface area contributed by atoms with Crippen molar-refractivity contribution in [1.82, 2.24) is 10.2 Å². The van der Waals surface area contributed by atoms with Crippen molar-refractivity contribution >= 4 is 0 Å². The lowest BCUT2D eigenvalue weighted by Gasteiger charge is -2.48. The van der Waals surface area contributed by atoms with Crippen LogP contribution in [0.4, 0.5) is 0 Å². The van der Waals surface area contributed by atoms with Gasteiger partial charge in [-0.25, -0.2) is 0 Å². The fourth-order valence-electron chi connectivity index (χ4n) is 3.89. The molecule has 1 N–H and O–H groups in total. The first kappa shape index (κ1) is 15.3. The van der Waals surface area contributed by atoms with Crippen molar-refractivity contribution in [2.24, 2.45) is 5.92 Å². The van der Waals surface area contributed by atoms with Crippen molar-refractivity contribution in [2.75, 3.05) is 26.2 Å². The largest absolute Gasteiger partial charge is 0.315 e. The Morgan fingerprint density at radius 2 is 1.58 bits per heavy atom. The summed E-state index contributed by atoms with van der Waals surface area (Å²) in [6.45, 7) is 9.79. The zero-order chi connectivity index (χ0) is 13.6. The first-order valence-electron chi connectivity index (χ1n) is 8.69. The Morgan fingerprint density at radius 3 is 2.21 bits per heavy atom. The Labute approximate surface area is 120 Å². The van der Waals surface area contributed by atoms with E-state index in [9.17, 15) is 0 Å². The molecule has 2 heteroatoms. The molecule has 1 aliphatic carbocycles. The van der Waals surface area contributed by atoms with Crippen molar-refractivity contribution in [2.45, 2.75) is 77.2 Å². The van der Waals surface area contributed by atoms with Gasteiger partial charge >= 0.3 is 0 Å². The van der Waals surface area contributed by atoms with Gasteiger partial charge in [-0.05, 0) is 57.7 Å². The van der Waals surface area contributed by atoms with Gasteiger partial charge in [0.05, 0.1) is 0 Å². The maximum Gasteiger partial charge on any atom is 0.0333 e. The molecule has 1 saturated carbocycles. The predicted octanol–water partition coefficient (Wildman–Crippen LogP) is 3.81. The van der Waals surface area contributed by atoms with E-state index in [1.54, 1.807) is 0 Å². The average molecular weight is 266 g/mol. The third kappa shape index (κ3) is 4.46. The molecule has 2 nitrogen and oxygen atoms in total. The van der Waals surface area contributed by atoms with Crippen LogP contribution in [0, 0.1) is 5.92 Å². The summed E-state index contributed by atoms with van der Waals surface area (Å²) in [5, 5.41) is 3.78. The van der Waals surface area contributed by atoms with E-state index < -0.39 is 0 Å². The van der Waals surface area contributed by atoms with Gasteiger partial charge in [0.2, 0.25) is 0 Å². The maximum atomic E-state index is 3.78. The topological polar surface area (TPSA) is 15.3 Å². The van der Waals surface area contributed by atoms with Gasteiger partial charge in [0.25, 0.3) is 0 Å². The Morgan fingerprint density at radius 1 is 0.947 bits per heavy atom. The highest BCUT2D eigenvalue weighted by Crippen LogP contribution is 2.35. The summed E-state index contributed by atoms with van der Waals surface area (Å²) in [6, 6.07) is 0. The molecular formula is C17H34N2. The third-order valence-electron chi connectivity index (χ3n) is 5.16. The summed E-state index contributed by atoms with van der Waals surface area (Å²) in [5.41, 5.74) is 0.510. The summed E-state index contributed by atoms with van der Waals surface area (Å²) < 4.78 is 0. The molecule has 0 aromatic carbocycles. The van der Waals surface area contributed by atoms with Crippen LogP contribution in [-0.4, -0.2) is 36.6 Å². The third-order valence-corrected chi connectivity index (χ3v) is 5.16. The molecule has 0 bridgehead atoms. The second-order valence-electron chi connectivity index (χ2n) is 7.19. The fourth-order valence-corrected chi connectivity index (χ4v) is 3.89. The van der Waals surface area contributed by atoms with E-state index >= 15 is 0 Å². The van der Waals surface area contributed by atoms with Crippen molar-refractivity contribution in [3.05, 3.63) is 0 Å². The zero-order valence-corrected chi connectivity index (χ0v) is 13.2. The van der Waals surface area contributed by atoms with Crippen LogP contribution >= 0.6 is 0 Å². The van der Waals surface area contributed by atoms with Gasteiger partial charge in [0, 0.05) is 12.1 Å². The number of rotatable bonds is 6. The minimum Gasteiger partial charge on any atom is -0.315 e. The first-order chi connectivity index (χ1) is 9.23. The molecule has 1 heterocycles. The Kier molecular flexibility index (Phi) is 6.15. The van der Waals surface area contributed by atoms with Crippen LogP contribution in [-0.2, 0) is 0 Å². The quantitative estimate of drug-likeness (QED) is 0.735. The van der Waals surface area contributed by atoms with E-state index in [1.165, 1.54) is 84.0 Å². The van der Waals surface area contributed by atoms with Gasteiger partial charge in [-0.2, -0.15) is 0 Å². The Bertz CT molecular complexity index is 238. The second kappa shape index (κ2) is 7.64. The number of hydrogen-bond acceptors (Lipinski definition) is 2. The lowest BCUT2D eigenvalue weighted by atomic mass is 9.79. The minimum atomic E-state index is 0.510. The number of piperidine rings is 1. The van der Waals surface area contributed by atoms with E-state index in [2.05, 4.69) is 24.1 Å². The average Bonchev–Trinajstić information content (AvgIpc) is 2.45. The monoisotopic (exact) mass is 266 g/mol. The van der Waals surface area contributed by atoms with Crippen LogP contribution < -0.4 is 5.32 Å². The Balaban J connectivity index is 1.86. The van der Waals surface area contributed by atoms with Crippen molar-refractivity contribution in [3.63, 3.8) is 0 Å². The zero-order valence-electron chi connectivity index (χ0n) is 13.2. The van der Waals surface area contributed by atoms with Crippen LogP contribution in [0.3, 0.4) is 0 Å². The summed E-state index contributed by atoms with van der Waals surface area (Å²) in [5.74, 6) is 0.824. The molecule has 112 valence electrons. The van der Waals surface area contributed by atoms with Crippen LogP contribution in [0.15, 0.2) is 0 Å². The highest BCUT2D eigenvalue weighted by atomic mass is 15.2. The molecule has 0 spiro atoms. The van der Waals surface area contributed by atoms with Crippen LogP contribution in [0.2, 0.25) is 0 Å². The van der Waals surface area contributed by atoms with Gasteiger partial charge in [0.1, 0.15) is 0 Å². The SMILES string of the molecule is CC(C)CCNCC1(N2CCCCC2)CCCCC1. The van der Waals surface area contributed by atoms with E-state index in [4.69, 9.17) is 0 Å². The number of hydrogen-bond donors (Lipinski definition) is 1. The fraction of sp³-hybridized carbons (Fsp3) is 1.00. The van der Waals surface area contributed by atoms with E-state index in [-0.39, 0.29) is 0 Å². The van der Waals surface area contributed by atoms with Gasteiger partial charge in [0.15, 0.2) is 0 Å². The highest BCUT2D eigenvalue weighted by Gasteiger charge is 2.37. The second-order valence-corrected chi connectivity index (χ2v) is 7.19. The molecule has 2 rings (SSSR count). The smallest absolute Gasteiger partial charge is 0.0333 e. The molecule has 1 saturated heterocycles. The molecule has 0 aromatic heterocycles. The predicted molar refractivity (Wildman–Crippen MR) is 83.6 cm³/mol. The Hall–Kier alpha value is -0.0800. The molecule has 0 unspecified atom stereocenters. The lowest BCUT2D eigenvalue weighted by molar-refractivity contribution is 0.0335. The van der Waals surface area contributed by atoms with E-state index in [1.807, 2.05) is 0 Å². The molecule has 0 amide bonds. The first-order valence-corrected chi connectivity index (χ1v) is 8.69. The highest BCUT2D eigenvalue weighted by molar-refractivity contribution is 4.96. The van der Waals surface area contributed by atoms with Crippen molar-refractivity contribution in [1.29, 1.82) is 0 Å². The normalized spacial score (nSPS) is 24.8. The van der Waals surface area contributed by atoms with Crippen LogP contribution in [0.5, 0.6) is 0 Å². The van der Waals surface area contributed by atoms with Gasteiger partial charge in [-0.15, -0.1) is 0 Å². The standard InChI is InChI=1S/C17H34N2/c1-16(2)9-12-18-15-17(10-5-3-6-11-17)19-13-7-4-8-14-19/h16,18H,3-15H2,1-2H3. The molecule has 0 atom stereocenters. The molecule has 19 heavy (non-hydrogen) atoms. The van der Waals surface area contributed by atoms with Gasteiger partial charge < -0.3 is 5.32 Å². The summed E-state index contributed by atoms with van der Waals surface area (Å²) in [4.78, 5) is 2.85. The number of likely N-dealkylation sites (tertiary alicyclic amines) is 1. The van der Waals surface area contributed by atoms with Crippen LogP contribution in [0.25, 0.3) is 0 Å². The molecule has 2 fully saturated rings. The number of nitrogens with zero attached hydrogens (tertiary/aromatic N) is 1. The lowest BCUT2D eigenvalue weighted by Crippen LogP contribution is -2.57. The molecule has 0 aromatic rings. The molecular weight excluding hydrogens is 232 g/mol. The van der Waals surface area contributed by atoms with Crippen molar-refractivity contribution in [3.8, 4) is 0 Å². The summed E-state index contributed by atoms with van der Waals surface area (Å²) >= 11 is 0. The summed E-state index contributed by atoms with van der Waals surface area (Å²) in [7, 11) is 0. The van der Waals surface area contributed by atoms with Crippen molar-refractivity contribution < 1.29 is 0 Å². The van der Waals surface area contributed by atoms with Gasteiger partial charge in [-0.1, -0.05) is 39.5 Å². The summed E-state index contributed by atoms with van der Waals surface area (Å²) in [6.07, 6.45) is 12.8. The maximum absolute atomic E-state index is 3.78. The van der Waals surface area contributed by atoms with Crippen LogP contribution in [0.1, 0.15) is 71.6 Å². The van der Waals surface area contributed by atoms with E-state index in [0.29, 0.717) is 5.54 Å². The molecule has 2 aliphatic rings.